The maximum absolute atomic E-state index is 5.13. The van der Waals surface area contributed by atoms with Crippen molar-refractivity contribution in [2.45, 2.75) is 0 Å². The number of thiophene rings is 1. The standard InChI is InChI=1S/C53H33N5S/c1-3-11-34(12-4-1)35-24-28-40(29-25-35)51-56-50(39-13-5-2-6-14-39)57-52(58-51)41-30-26-37(27-31-41)36-20-22-38(23-21-36)42-15-9-16-43(33-42)48-49-47(44-17-7-8-19-46(44)59-49)45-18-10-32-54-53(45)55-48/h1-33H. The number of fused-ring (bicyclic) bond motifs is 5. The molecule has 0 N–H and O–H groups in total. The molecule has 0 aliphatic heterocycles. The Hall–Kier alpha value is -7.67. The third kappa shape index (κ3) is 6.52. The van der Waals surface area contributed by atoms with Gasteiger partial charge in [0.05, 0.1) is 10.4 Å². The molecule has 0 atom stereocenters. The van der Waals surface area contributed by atoms with Crippen molar-refractivity contribution in [3.8, 4) is 78.8 Å². The average molecular weight is 772 g/mol. The number of pyridine rings is 2. The lowest BCUT2D eigenvalue weighted by Crippen LogP contribution is -2.00. The van der Waals surface area contributed by atoms with E-state index in [1.807, 2.05) is 48.7 Å². The molecule has 59 heavy (non-hydrogen) atoms. The van der Waals surface area contributed by atoms with Crippen LogP contribution in [-0.2, 0) is 0 Å². The quantitative estimate of drug-likeness (QED) is 0.161. The minimum Gasteiger partial charge on any atom is -0.237 e. The lowest BCUT2D eigenvalue weighted by atomic mass is 9.97. The largest absolute Gasteiger partial charge is 0.237 e. The Bertz CT molecular complexity index is 3290. The maximum atomic E-state index is 5.13. The number of nitrogens with zero attached hydrogens (tertiary/aromatic N) is 5. The fourth-order valence-corrected chi connectivity index (χ4v) is 9.05. The molecule has 0 bridgehead atoms. The number of hydrogen-bond donors (Lipinski definition) is 0. The van der Waals surface area contributed by atoms with Gasteiger partial charge < -0.3 is 0 Å². The van der Waals surface area contributed by atoms with E-state index in [0.717, 1.165) is 66.8 Å². The third-order valence-corrected chi connectivity index (χ3v) is 12.0. The Morgan fingerprint density at radius 3 is 1.37 bits per heavy atom. The summed E-state index contributed by atoms with van der Waals surface area (Å²) in [5.74, 6) is 1.91. The van der Waals surface area contributed by atoms with Gasteiger partial charge >= 0.3 is 0 Å². The maximum Gasteiger partial charge on any atom is 0.164 e. The molecule has 6 heteroatoms. The number of benzene rings is 7. The van der Waals surface area contributed by atoms with Crippen LogP contribution < -0.4 is 0 Å². The zero-order valence-electron chi connectivity index (χ0n) is 31.7. The topological polar surface area (TPSA) is 64.5 Å². The monoisotopic (exact) mass is 771 g/mol. The van der Waals surface area contributed by atoms with Crippen molar-refractivity contribution < 1.29 is 0 Å². The van der Waals surface area contributed by atoms with Gasteiger partial charge in [0.1, 0.15) is 0 Å². The van der Waals surface area contributed by atoms with E-state index < -0.39 is 0 Å². The van der Waals surface area contributed by atoms with Gasteiger partial charge in [-0.25, -0.2) is 24.9 Å². The van der Waals surface area contributed by atoms with Gasteiger partial charge in [-0.2, -0.15) is 0 Å². The van der Waals surface area contributed by atoms with E-state index in [-0.39, 0.29) is 0 Å². The van der Waals surface area contributed by atoms with Gasteiger partial charge in [0.15, 0.2) is 23.1 Å². The van der Waals surface area contributed by atoms with Gasteiger partial charge in [-0.3, -0.25) is 0 Å². The van der Waals surface area contributed by atoms with Crippen LogP contribution >= 0.6 is 11.3 Å². The highest BCUT2D eigenvalue weighted by atomic mass is 32.1. The fraction of sp³-hybridized carbons (Fsp3) is 0. The first-order chi connectivity index (χ1) is 29.2. The summed E-state index contributed by atoms with van der Waals surface area (Å²) in [6.45, 7) is 0. The number of rotatable bonds is 7. The molecule has 11 aromatic rings. The van der Waals surface area contributed by atoms with Gasteiger partial charge in [-0.1, -0.05) is 170 Å². The van der Waals surface area contributed by atoms with Crippen molar-refractivity contribution in [3.05, 3.63) is 200 Å². The summed E-state index contributed by atoms with van der Waals surface area (Å²) in [6, 6.07) is 67.5. The molecule has 0 saturated carbocycles. The van der Waals surface area contributed by atoms with Crippen molar-refractivity contribution in [1.29, 1.82) is 0 Å². The second-order valence-electron chi connectivity index (χ2n) is 14.5. The molecule has 4 aromatic heterocycles. The molecule has 0 amide bonds. The SMILES string of the molecule is c1ccc(-c2ccc(-c3nc(-c4ccccc4)nc(-c4ccc(-c5ccc(-c6cccc(-c7nc8ncccc8c8c7sc7ccccc78)c6)cc5)cc4)n3)cc2)cc1. The van der Waals surface area contributed by atoms with Crippen molar-refractivity contribution in [3.63, 3.8) is 0 Å². The second-order valence-corrected chi connectivity index (χ2v) is 15.5. The minimum atomic E-state index is 0.632. The zero-order valence-corrected chi connectivity index (χ0v) is 32.5. The summed E-state index contributed by atoms with van der Waals surface area (Å²) >= 11 is 1.80. The van der Waals surface area contributed by atoms with Crippen LogP contribution in [0.1, 0.15) is 0 Å². The van der Waals surface area contributed by atoms with Crippen LogP contribution in [0.5, 0.6) is 0 Å². The van der Waals surface area contributed by atoms with Crippen molar-refractivity contribution in [2.75, 3.05) is 0 Å². The molecule has 0 aliphatic rings. The van der Waals surface area contributed by atoms with Crippen LogP contribution in [0.25, 0.3) is 110 Å². The normalized spacial score (nSPS) is 11.4. The first kappa shape index (κ1) is 34.6. The molecule has 0 saturated heterocycles. The first-order valence-electron chi connectivity index (χ1n) is 19.6. The number of hydrogen-bond acceptors (Lipinski definition) is 6. The first-order valence-corrected chi connectivity index (χ1v) is 20.4. The van der Waals surface area contributed by atoms with Crippen LogP contribution in [0.3, 0.4) is 0 Å². The Labute approximate surface area is 345 Å². The highest BCUT2D eigenvalue weighted by Crippen LogP contribution is 2.43. The van der Waals surface area contributed by atoms with Crippen LogP contribution in [0.4, 0.5) is 0 Å². The van der Waals surface area contributed by atoms with Gasteiger partial charge in [0.2, 0.25) is 0 Å². The van der Waals surface area contributed by atoms with E-state index in [0.29, 0.717) is 17.5 Å². The van der Waals surface area contributed by atoms with Gasteiger partial charge in [-0.05, 0) is 57.6 Å². The molecule has 4 heterocycles. The summed E-state index contributed by atoms with van der Waals surface area (Å²) in [4.78, 5) is 24.7. The van der Waals surface area contributed by atoms with Crippen molar-refractivity contribution in [2.24, 2.45) is 0 Å². The van der Waals surface area contributed by atoms with E-state index in [2.05, 4.69) is 157 Å². The fourth-order valence-electron chi connectivity index (χ4n) is 7.82. The van der Waals surface area contributed by atoms with E-state index in [1.165, 1.54) is 25.7 Å². The molecular weight excluding hydrogens is 739 g/mol. The average Bonchev–Trinajstić information content (AvgIpc) is 3.72. The second kappa shape index (κ2) is 14.7. The summed E-state index contributed by atoms with van der Waals surface area (Å²) < 4.78 is 2.44. The summed E-state index contributed by atoms with van der Waals surface area (Å²) in [5.41, 5.74) is 12.5. The summed E-state index contributed by atoms with van der Waals surface area (Å²) in [7, 11) is 0. The van der Waals surface area contributed by atoms with Gasteiger partial charge in [0.25, 0.3) is 0 Å². The predicted octanol–water partition coefficient (Wildman–Crippen LogP) is 13.9. The van der Waals surface area contributed by atoms with Gasteiger partial charge in [0, 0.05) is 49.3 Å². The summed E-state index contributed by atoms with van der Waals surface area (Å²) in [6.07, 6.45) is 1.82. The lowest BCUT2D eigenvalue weighted by Gasteiger charge is -2.10. The predicted molar refractivity (Wildman–Crippen MR) is 244 cm³/mol. The van der Waals surface area contributed by atoms with E-state index in [4.69, 9.17) is 19.9 Å². The Morgan fingerprint density at radius 1 is 0.322 bits per heavy atom. The van der Waals surface area contributed by atoms with Crippen molar-refractivity contribution in [1.82, 2.24) is 24.9 Å². The molecular formula is C53H33N5S. The summed E-state index contributed by atoms with van der Waals surface area (Å²) in [5, 5.41) is 3.55. The van der Waals surface area contributed by atoms with E-state index in [1.54, 1.807) is 11.3 Å². The van der Waals surface area contributed by atoms with Crippen molar-refractivity contribution >= 4 is 42.5 Å². The zero-order chi connectivity index (χ0) is 39.1. The molecule has 0 aliphatic carbocycles. The highest BCUT2D eigenvalue weighted by Gasteiger charge is 2.17. The van der Waals surface area contributed by atoms with Crippen LogP contribution in [0, 0.1) is 0 Å². The Morgan fingerprint density at radius 2 is 0.763 bits per heavy atom. The molecule has 0 fully saturated rings. The Kier molecular flexibility index (Phi) is 8.60. The minimum absolute atomic E-state index is 0.632. The van der Waals surface area contributed by atoms with E-state index in [9.17, 15) is 0 Å². The van der Waals surface area contributed by atoms with Crippen LogP contribution in [0.15, 0.2) is 200 Å². The lowest BCUT2D eigenvalue weighted by molar-refractivity contribution is 1.07. The number of aromatic nitrogens is 5. The third-order valence-electron chi connectivity index (χ3n) is 10.8. The molecule has 0 radical (unpaired) electrons. The Balaban J connectivity index is 0.896. The molecule has 0 unspecified atom stereocenters. The molecule has 276 valence electrons. The smallest absolute Gasteiger partial charge is 0.164 e. The molecule has 7 aromatic carbocycles. The highest BCUT2D eigenvalue weighted by molar-refractivity contribution is 7.26. The van der Waals surface area contributed by atoms with E-state index >= 15 is 0 Å². The molecule has 11 rings (SSSR count). The van der Waals surface area contributed by atoms with Gasteiger partial charge in [-0.15, -0.1) is 11.3 Å². The van der Waals surface area contributed by atoms with Crippen LogP contribution in [0.2, 0.25) is 0 Å². The molecule has 5 nitrogen and oxygen atoms in total. The van der Waals surface area contributed by atoms with Crippen LogP contribution in [-0.4, -0.2) is 24.9 Å². The molecule has 0 spiro atoms.